The number of benzene rings is 2. The SMILES string of the molecule is Cc1ccc(C(=O)N(C)Cc2ccccc2)cc1S(=O)(=O)N1CCCCC1. The first-order valence-corrected chi connectivity index (χ1v) is 10.7. The normalized spacial score (nSPS) is 15.5. The molecule has 5 nitrogen and oxygen atoms in total. The zero-order valence-electron chi connectivity index (χ0n) is 15.9. The van der Waals surface area contributed by atoms with Crippen molar-refractivity contribution in [1.82, 2.24) is 9.21 Å². The Balaban J connectivity index is 1.85. The lowest BCUT2D eigenvalue weighted by Gasteiger charge is -2.27. The molecule has 2 aromatic carbocycles. The van der Waals surface area contributed by atoms with Crippen molar-refractivity contribution in [2.24, 2.45) is 0 Å². The predicted molar refractivity (Wildman–Crippen MR) is 106 cm³/mol. The van der Waals surface area contributed by atoms with E-state index >= 15 is 0 Å². The molecule has 27 heavy (non-hydrogen) atoms. The van der Waals surface area contributed by atoms with Gasteiger partial charge in [-0.1, -0.05) is 42.8 Å². The van der Waals surface area contributed by atoms with Crippen LogP contribution in [0.15, 0.2) is 53.4 Å². The maximum absolute atomic E-state index is 13.0. The smallest absolute Gasteiger partial charge is 0.253 e. The van der Waals surface area contributed by atoms with Crippen LogP contribution in [0.25, 0.3) is 0 Å². The fourth-order valence-electron chi connectivity index (χ4n) is 3.40. The third-order valence-electron chi connectivity index (χ3n) is 4.98. The molecule has 2 aromatic rings. The molecule has 1 aliphatic rings. The summed E-state index contributed by atoms with van der Waals surface area (Å²) in [6.45, 7) is 3.35. The predicted octanol–water partition coefficient (Wildman–Crippen LogP) is 3.44. The van der Waals surface area contributed by atoms with Crippen LogP contribution in [0.2, 0.25) is 0 Å². The van der Waals surface area contributed by atoms with Crippen LogP contribution in [0.4, 0.5) is 0 Å². The minimum absolute atomic E-state index is 0.186. The summed E-state index contributed by atoms with van der Waals surface area (Å²) in [6.07, 6.45) is 2.83. The number of carbonyl (C=O) groups excluding carboxylic acids is 1. The Kier molecular flexibility index (Phi) is 5.97. The van der Waals surface area contributed by atoms with Crippen LogP contribution in [0.5, 0.6) is 0 Å². The minimum atomic E-state index is -3.57. The van der Waals surface area contributed by atoms with Crippen LogP contribution < -0.4 is 0 Å². The number of piperidine rings is 1. The summed E-state index contributed by atoms with van der Waals surface area (Å²) in [6, 6.07) is 14.7. The van der Waals surface area contributed by atoms with Crippen molar-refractivity contribution in [3.8, 4) is 0 Å². The Morgan fingerprint density at radius 1 is 1.04 bits per heavy atom. The van der Waals surface area contributed by atoms with Crippen LogP contribution in [-0.4, -0.2) is 43.7 Å². The summed E-state index contributed by atoms with van der Waals surface area (Å²) in [5.41, 5.74) is 2.10. The van der Waals surface area contributed by atoms with E-state index in [-0.39, 0.29) is 10.8 Å². The average molecular weight is 387 g/mol. The van der Waals surface area contributed by atoms with Crippen molar-refractivity contribution < 1.29 is 13.2 Å². The number of aryl methyl sites for hydroxylation is 1. The Bertz CT molecular complexity index is 904. The van der Waals surface area contributed by atoms with Gasteiger partial charge in [-0.2, -0.15) is 4.31 Å². The number of hydrogen-bond acceptors (Lipinski definition) is 3. The summed E-state index contributed by atoms with van der Waals surface area (Å²) in [7, 11) is -1.84. The molecule has 0 unspecified atom stereocenters. The van der Waals surface area contributed by atoms with Gasteiger partial charge in [-0.05, 0) is 43.0 Å². The molecular weight excluding hydrogens is 360 g/mol. The van der Waals surface area contributed by atoms with E-state index in [1.807, 2.05) is 30.3 Å². The molecule has 0 N–H and O–H groups in total. The molecule has 0 bridgehead atoms. The topological polar surface area (TPSA) is 57.7 Å². The molecule has 0 aromatic heterocycles. The van der Waals surface area contributed by atoms with Crippen molar-refractivity contribution in [2.45, 2.75) is 37.6 Å². The Morgan fingerprint density at radius 3 is 2.37 bits per heavy atom. The second-order valence-corrected chi connectivity index (χ2v) is 9.00. The van der Waals surface area contributed by atoms with E-state index in [1.165, 1.54) is 6.07 Å². The van der Waals surface area contributed by atoms with E-state index in [4.69, 9.17) is 0 Å². The summed E-state index contributed by atoms with van der Waals surface area (Å²) in [5.74, 6) is -0.186. The van der Waals surface area contributed by atoms with Crippen molar-refractivity contribution in [1.29, 1.82) is 0 Å². The van der Waals surface area contributed by atoms with Crippen LogP contribution in [0.3, 0.4) is 0 Å². The van der Waals surface area contributed by atoms with Gasteiger partial charge in [0, 0.05) is 32.2 Å². The monoisotopic (exact) mass is 386 g/mol. The number of sulfonamides is 1. The number of rotatable bonds is 5. The number of carbonyl (C=O) groups is 1. The molecule has 0 saturated carbocycles. The Hall–Kier alpha value is -2.18. The highest BCUT2D eigenvalue weighted by Crippen LogP contribution is 2.25. The van der Waals surface area contributed by atoms with Crippen LogP contribution in [-0.2, 0) is 16.6 Å². The van der Waals surface area contributed by atoms with Gasteiger partial charge < -0.3 is 4.90 Å². The zero-order valence-corrected chi connectivity index (χ0v) is 16.7. The highest BCUT2D eigenvalue weighted by Gasteiger charge is 2.28. The van der Waals surface area contributed by atoms with Gasteiger partial charge in [-0.25, -0.2) is 8.42 Å². The zero-order chi connectivity index (χ0) is 19.4. The molecule has 0 atom stereocenters. The van der Waals surface area contributed by atoms with Gasteiger partial charge in [-0.3, -0.25) is 4.79 Å². The summed E-state index contributed by atoms with van der Waals surface area (Å²) in [4.78, 5) is 14.7. The average Bonchev–Trinajstić information content (AvgIpc) is 2.69. The summed E-state index contributed by atoms with van der Waals surface area (Å²) >= 11 is 0. The summed E-state index contributed by atoms with van der Waals surface area (Å²) < 4.78 is 27.6. The highest BCUT2D eigenvalue weighted by atomic mass is 32.2. The van der Waals surface area contributed by atoms with Crippen molar-refractivity contribution in [2.75, 3.05) is 20.1 Å². The first kappa shape index (κ1) is 19.6. The second kappa shape index (κ2) is 8.23. The molecule has 1 saturated heterocycles. The third-order valence-corrected chi connectivity index (χ3v) is 7.02. The van der Waals surface area contributed by atoms with E-state index in [1.54, 1.807) is 35.3 Å². The molecule has 1 fully saturated rings. The number of amides is 1. The van der Waals surface area contributed by atoms with Gasteiger partial charge in [0.15, 0.2) is 0 Å². The molecule has 3 rings (SSSR count). The molecule has 144 valence electrons. The number of hydrogen-bond donors (Lipinski definition) is 0. The molecular formula is C21H26N2O3S. The Morgan fingerprint density at radius 2 is 1.70 bits per heavy atom. The first-order valence-electron chi connectivity index (χ1n) is 9.30. The maximum Gasteiger partial charge on any atom is 0.253 e. The van der Waals surface area contributed by atoms with Crippen molar-refractivity contribution in [3.05, 3.63) is 65.2 Å². The minimum Gasteiger partial charge on any atom is -0.337 e. The lowest BCUT2D eigenvalue weighted by molar-refractivity contribution is 0.0785. The quantitative estimate of drug-likeness (QED) is 0.791. The molecule has 0 radical (unpaired) electrons. The fourth-order valence-corrected chi connectivity index (χ4v) is 5.17. The lowest BCUT2D eigenvalue weighted by atomic mass is 10.1. The van der Waals surface area contributed by atoms with Crippen molar-refractivity contribution in [3.63, 3.8) is 0 Å². The van der Waals surface area contributed by atoms with Crippen LogP contribution >= 0.6 is 0 Å². The number of nitrogens with zero attached hydrogens (tertiary/aromatic N) is 2. The third kappa shape index (κ3) is 4.39. The van der Waals surface area contributed by atoms with E-state index in [0.29, 0.717) is 30.8 Å². The summed E-state index contributed by atoms with van der Waals surface area (Å²) in [5, 5.41) is 0. The first-order chi connectivity index (χ1) is 12.9. The van der Waals surface area contributed by atoms with Gasteiger partial charge in [0.1, 0.15) is 0 Å². The van der Waals surface area contributed by atoms with E-state index < -0.39 is 10.0 Å². The fraction of sp³-hybridized carbons (Fsp3) is 0.381. The lowest BCUT2D eigenvalue weighted by Crippen LogP contribution is -2.36. The van der Waals surface area contributed by atoms with Gasteiger partial charge >= 0.3 is 0 Å². The standard InChI is InChI=1S/C21H26N2O3S/c1-17-11-12-19(21(24)22(2)16-18-9-5-3-6-10-18)15-20(17)27(25,26)23-13-7-4-8-14-23/h3,5-6,9-12,15H,4,7-8,13-14,16H2,1-2H3. The highest BCUT2D eigenvalue weighted by molar-refractivity contribution is 7.89. The van der Waals surface area contributed by atoms with Gasteiger partial charge in [0.25, 0.3) is 5.91 Å². The second-order valence-electron chi connectivity index (χ2n) is 7.09. The van der Waals surface area contributed by atoms with Gasteiger partial charge in [-0.15, -0.1) is 0 Å². The van der Waals surface area contributed by atoms with Gasteiger partial charge in [0.05, 0.1) is 4.90 Å². The van der Waals surface area contributed by atoms with E-state index in [9.17, 15) is 13.2 Å². The molecule has 0 aliphatic carbocycles. The molecule has 0 spiro atoms. The Labute approximate surface area is 161 Å². The van der Waals surface area contributed by atoms with Gasteiger partial charge in [0.2, 0.25) is 10.0 Å². The van der Waals surface area contributed by atoms with E-state index in [2.05, 4.69) is 0 Å². The molecule has 6 heteroatoms. The van der Waals surface area contributed by atoms with Crippen molar-refractivity contribution >= 4 is 15.9 Å². The molecule has 1 amide bonds. The molecule has 1 heterocycles. The van der Waals surface area contributed by atoms with Crippen LogP contribution in [0, 0.1) is 6.92 Å². The van der Waals surface area contributed by atoms with E-state index in [0.717, 1.165) is 24.8 Å². The molecule has 1 aliphatic heterocycles. The maximum atomic E-state index is 13.0. The van der Waals surface area contributed by atoms with Crippen LogP contribution in [0.1, 0.15) is 40.7 Å². The largest absolute Gasteiger partial charge is 0.337 e.